The van der Waals surface area contributed by atoms with E-state index in [2.05, 4.69) is 29.1 Å². The lowest BCUT2D eigenvalue weighted by Gasteiger charge is -2.10. The summed E-state index contributed by atoms with van der Waals surface area (Å²) in [6.07, 6.45) is 1.15. The molecule has 0 aliphatic carbocycles. The third kappa shape index (κ3) is 4.06. The molecule has 0 aromatic carbocycles. The summed E-state index contributed by atoms with van der Waals surface area (Å²) >= 11 is 1.36. The number of amides is 1. The van der Waals surface area contributed by atoms with Crippen LogP contribution in [-0.2, 0) is 0 Å². The van der Waals surface area contributed by atoms with Crippen molar-refractivity contribution in [3.63, 3.8) is 0 Å². The van der Waals surface area contributed by atoms with E-state index in [0.29, 0.717) is 10.8 Å². The molecule has 1 aliphatic rings. The summed E-state index contributed by atoms with van der Waals surface area (Å²) in [4.78, 5) is 15.7. The van der Waals surface area contributed by atoms with Crippen LogP contribution in [0.25, 0.3) is 0 Å². The van der Waals surface area contributed by atoms with Crippen molar-refractivity contribution in [1.29, 1.82) is 0 Å². The molecule has 1 fully saturated rings. The quantitative estimate of drug-likeness (QED) is 0.803. The van der Waals surface area contributed by atoms with Gasteiger partial charge in [0.05, 0.1) is 9.75 Å². The van der Waals surface area contributed by atoms with E-state index in [0.717, 1.165) is 30.9 Å². The maximum atomic E-state index is 12.0. The Bertz CT molecular complexity index is 501. The number of likely N-dealkylation sites (tertiary alicyclic amines) is 1. The Labute approximate surface area is 117 Å². The van der Waals surface area contributed by atoms with E-state index in [-0.39, 0.29) is 12.5 Å². The predicted octanol–water partition coefficient (Wildman–Crippen LogP) is 0.773. The normalized spacial score (nSPS) is 18.9. The van der Waals surface area contributed by atoms with Crippen molar-refractivity contribution in [2.24, 2.45) is 5.92 Å². The molecular weight excluding hydrogens is 260 g/mol. The molecule has 0 radical (unpaired) electrons. The minimum atomic E-state index is -0.158. The number of nitrogens with one attached hydrogen (secondary N) is 1. The van der Waals surface area contributed by atoms with Gasteiger partial charge >= 0.3 is 0 Å². The largest absolute Gasteiger partial charge is 0.384 e. The fourth-order valence-electron chi connectivity index (χ4n) is 2.17. The second kappa shape index (κ2) is 6.71. The van der Waals surface area contributed by atoms with Crippen LogP contribution in [0.5, 0.6) is 0 Å². The summed E-state index contributed by atoms with van der Waals surface area (Å²) < 4.78 is 0. The molecule has 0 spiro atoms. The molecule has 1 aromatic rings. The zero-order valence-corrected chi connectivity index (χ0v) is 11.8. The Kier molecular flexibility index (Phi) is 4.97. The van der Waals surface area contributed by atoms with Crippen LogP contribution in [0.3, 0.4) is 0 Å². The van der Waals surface area contributed by atoms with Gasteiger partial charge in [0, 0.05) is 13.1 Å². The van der Waals surface area contributed by atoms with Crippen LogP contribution in [0.2, 0.25) is 0 Å². The van der Waals surface area contributed by atoms with Crippen LogP contribution in [0.1, 0.15) is 21.0 Å². The number of carbonyl (C=O) groups excluding carboxylic acids is 1. The summed E-state index contributed by atoms with van der Waals surface area (Å²) in [5, 5.41) is 11.6. The molecule has 102 valence electrons. The maximum absolute atomic E-state index is 12.0. The van der Waals surface area contributed by atoms with Gasteiger partial charge in [-0.15, -0.1) is 11.3 Å². The number of hydrogen-bond donors (Lipinski definition) is 2. The monoisotopic (exact) mass is 278 g/mol. The second-order valence-electron chi connectivity index (χ2n) is 4.75. The lowest BCUT2D eigenvalue weighted by Crippen LogP contribution is -2.29. The highest BCUT2D eigenvalue weighted by Crippen LogP contribution is 2.16. The summed E-state index contributed by atoms with van der Waals surface area (Å²) in [7, 11) is 2.10. The highest BCUT2D eigenvalue weighted by atomic mass is 32.1. The van der Waals surface area contributed by atoms with Crippen molar-refractivity contribution in [2.45, 2.75) is 6.42 Å². The van der Waals surface area contributed by atoms with Gasteiger partial charge in [0.25, 0.3) is 5.91 Å². The van der Waals surface area contributed by atoms with Crippen LogP contribution in [0.4, 0.5) is 0 Å². The van der Waals surface area contributed by atoms with E-state index in [1.54, 1.807) is 6.07 Å². The highest BCUT2D eigenvalue weighted by Gasteiger charge is 2.20. The first-order chi connectivity index (χ1) is 9.19. The van der Waals surface area contributed by atoms with Crippen LogP contribution >= 0.6 is 11.3 Å². The van der Waals surface area contributed by atoms with Gasteiger partial charge in [0.2, 0.25) is 0 Å². The summed E-state index contributed by atoms with van der Waals surface area (Å²) in [6.45, 7) is 2.74. The zero-order chi connectivity index (χ0) is 13.7. The van der Waals surface area contributed by atoms with Crippen molar-refractivity contribution in [1.82, 2.24) is 10.2 Å². The summed E-state index contributed by atoms with van der Waals surface area (Å²) in [5.74, 6) is 5.91. The number of nitrogens with zero attached hydrogens (tertiary/aromatic N) is 1. The summed E-state index contributed by atoms with van der Waals surface area (Å²) in [5.41, 5.74) is 0. The third-order valence-corrected chi connectivity index (χ3v) is 4.16. The third-order valence-electron chi connectivity index (χ3n) is 3.16. The lowest BCUT2D eigenvalue weighted by atomic mass is 10.1. The molecule has 0 saturated carbocycles. The van der Waals surface area contributed by atoms with Crippen molar-refractivity contribution in [2.75, 3.05) is 33.3 Å². The van der Waals surface area contributed by atoms with Gasteiger partial charge in [-0.2, -0.15) is 0 Å². The zero-order valence-electron chi connectivity index (χ0n) is 11.0. The van der Waals surface area contributed by atoms with Gasteiger partial charge in [0.1, 0.15) is 6.61 Å². The fraction of sp³-hybridized carbons (Fsp3) is 0.500. The fourth-order valence-corrected chi connectivity index (χ4v) is 2.97. The Balaban J connectivity index is 1.84. The Morgan fingerprint density at radius 3 is 3.16 bits per heavy atom. The molecule has 4 nitrogen and oxygen atoms in total. The smallest absolute Gasteiger partial charge is 0.261 e. The van der Waals surface area contributed by atoms with Gasteiger partial charge in [-0.25, -0.2) is 0 Å². The first-order valence-electron chi connectivity index (χ1n) is 6.35. The molecule has 2 heterocycles. The van der Waals surface area contributed by atoms with Gasteiger partial charge in [-0.05, 0) is 38.1 Å². The molecule has 2 N–H and O–H groups in total. The van der Waals surface area contributed by atoms with E-state index in [1.807, 2.05) is 6.07 Å². The summed E-state index contributed by atoms with van der Waals surface area (Å²) in [6, 6.07) is 3.59. The molecular formula is C14H18N2O2S. The Morgan fingerprint density at radius 2 is 2.47 bits per heavy atom. The Morgan fingerprint density at radius 1 is 1.63 bits per heavy atom. The average molecular weight is 278 g/mol. The van der Waals surface area contributed by atoms with Gasteiger partial charge < -0.3 is 15.3 Å². The second-order valence-corrected chi connectivity index (χ2v) is 5.83. The van der Waals surface area contributed by atoms with E-state index in [9.17, 15) is 4.79 Å². The standard InChI is InChI=1S/C14H18N2O2S/c1-16-7-6-11(10-16)9-15-14(18)13-5-4-12(19-13)3-2-8-17/h4-5,11,17H,6-10H2,1H3,(H,15,18). The number of aliphatic hydroxyl groups is 1. The van der Waals surface area contributed by atoms with Crippen LogP contribution in [0, 0.1) is 17.8 Å². The highest BCUT2D eigenvalue weighted by molar-refractivity contribution is 7.14. The van der Waals surface area contributed by atoms with Crippen molar-refractivity contribution in [3.8, 4) is 11.8 Å². The van der Waals surface area contributed by atoms with Crippen molar-refractivity contribution < 1.29 is 9.90 Å². The molecule has 5 heteroatoms. The molecule has 1 atom stereocenters. The molecule has 1 saturated heterocycles. The maximum Gasteiger partial charge on any atom is 0.261 e. The molecule has 1 unspecified atom stereocenters. The molecule has 1 amide bonds. The van der Waals surface area contributed by atoms with Crippen LogP contribution < -0.4 is 5.32 Å². The van der Waals surface area contributed by atoms with Crippen molar-refractivity contribution in [3.05, 3.63) is 21.9 Å². The van der Waals surface area contributed by atoms with Crippen LogP contribution in [0.15, 0.2) is 12.1 Å². The van der Waals surface area contributed by atoms with E-state index >= 15 is 0 Å². The molecule has 1 aliphatic heterocycles. The topological polar surface area (TPSA) is 52.6 Å². The van der Waals surface area contributed by atoms with E-state index in [4.69, 9.17) is 5.11 Å². The molecule has 2 rings (SSSR count). The Hall–Kier alpha value is -1.35. The molecule has 19 heavy (non-hydrogen) atoms. The van der Waals surface area contributed by atoms with E-state index in [1.165, 1.54) is 11.3 Å². The van der Waals surface area contributed by atoms with E-state index < -0.39 is 0 Å². The van der Waals surface area contributed by atoms with Gasteiger partial charge in [0.15, 0.2) is 0 Å². The minimum absolute atomic E-state index is 0.0309. The van der Waals surface area contributed by atoms with Crippen LogP contribution in [-0.4, -0.2) is 49.2 Å². The SMILES string of the molecule is CN1CCC(CNC(=O)c2ccc(C#CCO)s2)C1. The van der Waals surface area contributed by atoms with Gasteiger partial charge in [-0.1, -0.05) is 11.8 Å². The number of thiophene rings is 1. The number of rotatable bonds is 3. The number of hydrogen-bond acceptors (Lipinski definition) is 4. The van der Waals surface area contributed by atoms with Gasteiger partial charge in [-0.3, -0.25) is 4.79 Å². The number of carbonyl (C=O) groups is 1. The molecule has 1 aromatic heterocycles. The lowest BCUT2D eigenvalue weighted by molar-refractivity contribution is 0.0951. The first-order valence-corrected chi connectivity index (χ1v) is 7.17. The van der Waals surface area contributed by atoms with Crippen molar-refractivity contribution >= 4 is 17.2 Å². The average Bonchev–Trinajstić information content (AvgIpc) is 3.02. The molecule has 0 bridgehead atoms. The minimum Gasteiger partial charge on any atom is -0.384 e. The number of aliphatic hydroxyl groups excluding tert-OH is 1. The predicted molar refractivity (Wildman–Crippen MR) is 76.2 cm³/mol. The first kappa shape index (κ1) is 14.1.